The summed E-state index contributed by atoms with van der Waals surface area (Å²) < 4.78 is 11.3. The number of hydrogen-bond donors (Lipinski definition) is 0. The second-order valence-corrected chi connectivity index (χ2v) is 7.27. The summed E-state index contributed by atoms with van der Waals surface area (Å²) in [5.41, 5.74) is 2.46. The molecule has 0 spiro atoms. The number of ether oxygens (including phenoxy) is 1. The zero-order chi connectivity index (χ0) is 19.0. The molecule has 1 aliphatic heterocycles. The van der Waals surface area contributed by atoms with Crippen molar-refractivity contribution in [1.29, 1.82) is 0 Å². The van der Waals surface area contributed by atoms with Gasteiger partial charge in [-0.1, -0.05) is 35.5 Å². The molecule has 1 atom stereocenters. The molecule has 146 valence electrons. The molecule has 0 radical (unpaired) electrons. The van der Waals surface area contributed by atoms with Crippen LogP contribution in [0, 0.1) is 0 Å². The topological polar surface area (TPSA) is 64.3 Å². The lowest BCUT2D eigenvalue weighted by molar-refractivity contribution is 0.122. The van der Waals surface area contributed by atoms with Crippen LogP contribution >= 0.6 is 0 Å². The number of benzene rings is 1. The van der Waals surface area contributed by atoms with Gasteiger partial charge >= 0.3 is 0 Å². The van der Waals surface area contributed by atoms with E-state index in [4.69, 9.17) is 9.26 Å². The van der Waals surface area contributed by atoms with Crippen molar-refractivity contribution in [3.63, 3.8) is 0 Å². The first kappa shape index (κ1) is 18.8. The summed E-state index contributed by atoms with van der Waals surface area (Å²) in [6, 6.07) is 14.3. The third-order valence-corrected chi connectivity index (χ3v) is 5.08. The smallest absolute Gasteiger partial charge is 0.231 e. The molecule has 1 unspecified atom stereocenters. The number of hydrogen-bond acceptors (Lipinski definition) is 6. The Morgan fingerprint density at radius 1 is 1.07 bits per heavy atom. The Balaban J connectivity index is 1.25. The Morgan fingerprint density at radius 2 is 1.93 bits per heavy atom. The fourth-order valence-electron chi connectivity index (χ4n) is 3.61. The van der Waals surface area contributed by atoms with Gasteiger partial charge in [0.2, 0.25) is 5.89 Å². The van der Waals surface area contributed by atoms with Crippen LogP contribution in [0.1, 0.15) is 41.6 Å². The minimum absolute atomic E-state index is 0.307. The van der Waals surface area contributed by atoms with Gasteiger partial charge < -0.3 is 9.26 Å². The zero-order valence-corrected chi connectivity index (χ0v) is 16.0. The molecule has 6 nitrogen and oxygen atoms in total. The molecular formula is C22H26N4O2. The first-order valence-corrected chi connectivity index (χ1v) is 9.92. The predicted molar refractivity (Wildman–Crippen MR) is 106 cm³/mol. The largest absolute Gasteiger partial charge is 0.376 e. The van der Waals surface area contributed by atoms with Crippen LogP contribution in [0.2, 0.25) is 0 Å². The average Bonchev–Trinajstić information content (AvgIpc) is 3.22. The molecule has 0 saturated carbocycles. The maximum atomic E-state index is 5.73. The van der Waals surface area contributed by atoms with Gasteiger partial charge in [0, 0.05) is 31.9 Å². The summed E-state index contributed by atoms with van der Waals surface area (Å²) >= 11 is 0. The number of piperidine rings is 1. The van der Waals surface area contributed by atoms with Gasteiger partial charge in [-0.3, -0.25) is 9.88 Å². The van der Waals surface area contributed by atoms with Crippen LogP contribution in [0.3, 0.4) is 0 Å². The average molecular weight is 378 g/mol. The molecule has 0 N–H and O–H groups in total. The molecule has 4 rings (SSSR count). The standard InChI is InChI=1S/C22H26N4O2/c1-2-5-19(6-3-1)17-27-14-10-21-24-22(28-25-21)20-7-4-13-26(16-20)15-18-8-11-23-12-9-18/h1-3,5-6,8-9,11-12,20H,4,7,10,13-17H2. The third kappa shape index (κ3) is 5.24. The summed E-state index contributed by atoms with van der Waals surface area (Å²) in [5.74, 6) is 1.80. The van der Waals surface area contributed by atoms with E-state index < -0.39 is 0 Å². The van der Waals surface area contributed by atoms with E-state index in [0.29, 0.717) is 25.6 Å². The molecule has 3 aromatic rings. The molecule has 0 amide bonds. The van der Waals surface area contributed by atoms with Crippen LogP contribution in [-0.4, -0.2) is 39.7 Å². The van der Waals surface area contributed by atoms with Crippen molar-refractivity contribution in [2.24, 2.45) is 0 Å². The van der Waals surface area contributed by atoms with E-state index in [0.717, 1.165) is 44.2 Å². The number of likely N-dealkylation sites (tertiary alicyclic amines) is 1. The number of aromatic nitrogens is 3. The lowest BCUT2D eigenvalue weighted by Gasteiger charge is -2.30. The normalized spacial score (nSPS) is 17.6. The van der Waals surface area contributed by atoms with Crippen molar-refractivity contribution >= 4 is 0 Å². The minimum atomic E-state index is 0.307. The third-order valence-electron chi connectivity index (χ3n) is 5.08. The van der Waals surface area contributed by atoms with Gasteiger partial charge in [0.25, 0.3) is 0 Å². The highest BCUT2D eigenvalue weighted by molar-refractivity contribution is 5.13. The van der Waals surface area contributed by atoms with Crippen molar-refractivity contribution in [2.45, 2.75) is 38.3 Å². The molecule has 6 heteroatoms. The highest BCUT2D eigenvalue weighted by Gasteiger charge is 2.26. The van der Waals surface area contributed by atoms with Crippen LogP contribution in [0.15, 0.2) is 59.4 Å². The highest BCUT2D eigenvalue weighted by Crippen LogP contribution is 2.26. The van der Waals surface area contributed by atoms with E-state index >= 15 is 0 Å². The lowest BCUT2D eigenvalue weighted by Crippen LogP contribution is -2.34. The second-order valence-electron chi connectivity index (χ2n) is 7.27. The Kier molecular flexibility index (Phi) is 6.42. The van der Waals surface area contributed by atoms with Crippen molar-refractivity contribution in [3.8, 4) is 0 Å². The van der Waals surface area contributed by atoms with Crippen LogP contribution in [0.25, 0.3) is 0 Å². The zero-order valence-electron chi connectivity index (χ0n) is 16.0. The lowest BCUT2D eigenvalue weighted by atomic mass is 9.97. The van der Waals surface area contributed by atoms with E-state index in [1.807, 2.05) is 30.6 Å². The van der Waals surface area contributed by atoms with E-state index in [9.17, 15) is 0 Å². The SMILES string of the molecule is c1ccc(COCCc2noc(C3CCCN(Cc4ccncc4)C3)n2)cc1. The van der Waals surface area contributed by atoms with Gasteiger partial charge in [-0.2, -0.15) is 4.98 Å². The van der Waals surface area contributed by atoms with E-state index in [-0.39, 0.29) is 0 Å². The fourth-order valence-corrected chi connectivity index (χ4v) is 3.61. The molecule has 1 aromatic carbocycles. The van der Waals surface area contributed by atoms with Gasteiger partial charge in [0.1, 0.15) is 0 Å². The van der Waals surface area contributed by atoms with E-state index in [1.165, 1.54) is 11.1 Å². The Bertz CT molecular complexity index is 838. The maximum Gasteiger partial charge on any atom is 0.231 e. The van der Waals surface area contributed by atoms with Gasteiger partial charge in [-0.25, -0.2) is 0 Å². The van der Waals surface area contributed by atoms with Gasteiger partial charge in [0.05, 0.1) is 19.1 Å². The Hall–Kier alpha value is -2.57. The van der Waals surface area contributed by atoms with Gasteiger partial charge in [-0.05, 0) is 42.6 Å². The molecule has 1 aliphatic rings. The van der Waals surface area contributed by atoms with Crippen molar-refractivity contribution in [3.05, 3.63) is 77.7 Å². The van der Waals surface area contributed by atoms with Crippen molar-refractivity contribution < 1.29 is 9.26 Å². The summed E-state index contributed by atoms with van der Waals surface area (Å²) in [7, 11) is 0. The summed E-state index contributed by atoms with van der Waals surface area (Å²) in [6.07, 6.45) is 6.61. The fraction of sp³-hybridized carbons (Fsp3) is 0.409. The summed E-state index contributed by atoms with van der Waals surface area (Å²) in [6.45, 7) is 4.19. The number of pyridine rings is 1. The van der Waals surface area contributed by atoms with Crippen molar-refractivity contribution in [1.82, 2.24) is 20.0 Å². The summed E-state index contributed by atoms with van der Waals surface area (Å²) in [4.78, 5) is 11.2. The molecule has 3 heterocycles. The van der Waals surface area contributed by atoms with Crippen molar-refractivity contribution in [2.75, 3.05) is 19.7 Å². The van der Waals surface area contributed by atoms with E-state index in [2.05, 4.69) is 44.3 Å². The highest BCUT2D eigenvalue weighted by atomic mass is 16.5. The Labute approximate surface area is 165 Å². The van der Waals surface area contributed by atoms with Crippen LogP contribution in [0.5, 0.6) is 0 Å². The first-order chi connectivity index (χ1) is 13.9. The second kappa shape index (κ2) is 9.57. The first-order valence-electron chi connectivity index (χ1n) is 9.92. The minimum Gasteiger partial charge on any atom is -0.376 e. The molecule has 0 bridgehead atoms. The Morgan fingerprint density at radius 3 is 2.79 bits per heavy atom. The quantitative estimate of drug-likeness (QED) is 0.558. The van der Waals surface area contributed by atoms with Crippen LogP contribution in [-0.2, 0) is 24.3 Å². The number of rotatable bonds is 8. The predicted octanol–water partition coefficient (Wildman–Crippen LogP) is 3.60. The van der Waals surface area contributed by atoms with Gasteiger partial charge in [0.15, 0.2) is 5.82 Å². The van der Waals surface area contributed by atoms with Crippen LogP contribution in [0.4, 0.5) is 0 Å². The van der Waals surface area contributed by atoms with E-state index in [1.54, 1.807) is 0 Å². The monoisotopic (exact) mass is 378 g/mol. The maximum absolute atomic E-state index is 5.73. The van der Waals surface area contributed by atoms with Gasteiger partial charge in [-0.15, -0.1) is 0 Å². The molecule has 2 aromatic heterocycles. The molecular weight excluding hydrogens is 352 g/mol. The molecule has 0 aliphatic carbocycles. The molecule has 1 saturated heterocycles. The molecule has 1 fully saturated rings. The summed E-state index contributed by atoms with van der Waals surface area (Å²) in [5, 5.41) is 4.15. The van der Waals surface area contributed by atoms with Crippen LogP contribution < -0.4 is 0 Å². The molecule has 28 heavy (non-hydrogen) atoms. The number of nitrogens with zero attached hydrogens (tertiary/aromatic N) is 4.